The number of anilines is 1. The number of hydrogen-bond acceptors (Lipinski definition) is 3. The van der Waals surface area contributed by atoms with E-state index >= 15 is 0 Å². The van der Waals surface area contributed by atoms with Gasteiger partial charge in [-0.15, -0.1) is 0 Å². The molecule has 26 heavy (non-hydrogen) atoms. The molecule has 0 aliphatic rings. The van der Waals surface area contributed by atoms with E-state index in [0.29, 0.717) is 17.0 Å². The molecule has 0 aliphatic heterocycles. The van der Waals surface area contributed by atoms with Crippen LogP contribution in [-0.4, -0.2) is 15.5 Å². The number of halogens is 1. The molecular formula is C20H18FNO3S. The standard InChI is InChI=1S/C20H18FNO3S/c1-25-19-7-5-6-18(14-19)22(15-16-10-12-17(21)13-11-16)26(23,24)20-8-3-2-4-9-20/h2-14H,15H2,1H3. The largest absolute Gasteiger partial charge is 0.497 e. The third kappa shape index (κ3) is 3.86. The summed E-state index contributed by atoms with van der Waals surface area (Å²) in [5, 5.41) is 0. The molecule has 0 saturated carbocycles. The highest BCUT2D eigenvalue weighted by Gasteiger charge is 2.25. The van der Waals surface area contributed by atoms with Crippen molar-refractivity contribution in [3.8, 4) is 5.75 Å². The van der Waals surface area contributed by atoms with Gasteiger partial charge in [0.15, 0.2) is 0 Å². The van der Waals surface area contributed by atoms with Crippen LogP contribution in [0.2, 0.25) is 0 Å². The molecule has 0 radical (unpaired) electrons. The van der Waals surface area contributed by atoms with Gasteiger partial charge in [0.2, 0.25) is 0 Å². The Morgan fingerprint density at radius 3 is 2.27 bits per heavy atom. The van der Waals surface area contributed by atoms with E-state index in [1.165, 1.54) is 23.5 Å². The molecule has 0 amide bonds. The average molecular weight is 371 g/mol. The Labute approximate surface area is 152 Å². The lowest BCUT2D eigenvalue weighted by atomic mass is 10.2. The smallest absolute Gasteiger partial charge is 0.264 e. The second-order valence-electron chi connectivity index (χ2n) is 5.65. The third-order valence-corrected chi connectivity index (χ3v) is 5.70. The second-order valence-corrected chi connectivity index (χ2v) is 7.51. The van der Waals surface area contributed by atoms with Gasteiger partial charge in [-0.05, 0) is 42.0 Å². The zero-order valence-corrected chi connectivity index (χ0v) is 15.0. The predicted octanol–water partition coefficient (Wildman–Crippen LogP) is 4.23. The number of sulfonamides is 1. The molecule has 0 fully saturated rings. The van der Waals surface area contributed by atoms with Gasteiger partial charge in [0, 0.05) is 6.07 Å². The summed E-state index contributed by atoms with van der Waals surface area (Å²) < 4.78 is 46.1. The summed E-state index contributed by atoms with van der Waals surface area (Å²) in [6.07, 6.45) is 0. The molecule has 3 aromatic carbocycles. The number of rotatable bonds is 6. The van der Waals surface area contributed by atoms with Gasteiger partial charge in [-0.2, -0.15) is 0 Å². The Hall–Kier alpha value is -2.86. The number of methoxy groups -OCH3 is 1. The first-order valence-corrected chi connectivity index (χ1v) is 9.41. The van der Waals surface area contributed by atoms with Crippen molar-refractivity contribution in [2.75, 3.05) is 11.4 Å². The zero-order valence-electron chi connectivity index (χ0n) is 14.2. The summed E-state index contributed by atoms with van der Waals surface area (Å²) in [6, 6.07) is 20.8. The van der Waals surface area contributed by atoms with Crippen LogP contribution in [0.3, 0.4) is 0 Å². The molecule has 0 aliphatic carbocycles. The minimum Gasteiger partial charge on any atom is -0.497 e. The van der Waals surface area contributed by atoms with E-state index in [4.69, 9.17) is 4.74 Å². The van der Waals surface area contributed by atoms with Crippen molar-refractivity contribution in [1.82, 2.24) is 0 Å². The van der Waals surface area contributed by atoms with Gasteiger partial charge in [0.1, 0.15) is 11.6 Å². The molecule has 3 rings (SSSR count). The van der Waals surface area contributed by atoms with E-state index in [1.54, 1.807) is 66.7 Å². The van der Waals surface area contributed by atoms with Gasteiger partial charge < -0.3 is 4.74 Å². The molecule has 0 N–H and O–H groups in total. The van der Waals surface area contributed by atoms with Crippen molar-refractivity contribution in [3.63, 3.8) is 0 Å². The Morgan fingerprint density at radius 1 is 0.923 bits per heavy atom. The monoisotopic (exact) mass is 371 g/mol. The fraction of sp³-hybridized carbons (Fsp3) is 0.100. The summed E-state index contributed by atoms with van der Waals surface area (Å²) in [5.41, 5.74) is 1.14. The van der Waals surface area contributed by atoms with Gasteiger partial charge in [-0.25, -0.2) is 12.8 Å². The molecule has 0 atom stereocenters. The van der Waals surface area contributed by atoms with Crippen molar-refractivity contribution in [3.05, 3.63) is 90.2 Å². The van der Waals surface area contributed by atoms with E-state index in [9.17, 15) is 12.8 Å². The number of ether oxygens (including phenoxy) is 1. The first-order chi connectivity index (χ1) is 12.5. The van der Waals surface area contributed by atoms with Gasteiger partial charge >= 0.3 is 0 Å². The Bertz CT molecular complexity index is 973. The minimum absolute atomic E-state index is 0.0741. The maximum Gasteiger partial charge on any atom is 0.264 e. The van der Waals surface area contributed by atoms with Gasteiger partial charge in [0.05, 0.1) is 24.2 Å². The molecule has 0 bridgehead atoms. The van der Waals surface area contributed by atoms with Crippen LogP contribution >= 0.6 is 0 Å². The summed E-state index contributed by atoms with van der Waals surface area (Å²) in [4.78, 5) is 0.185. The zero-order chi connectivity index (χ0) is 18.6. The normalized spacial score (nSPS) is 11.2. The fourth-order valence-electron chi connectivity index (χ4n) is 2.56. The quantitative estimate of drug-likeness (QED) is 0.651. The van der Waals surface area contributed by atoms with E-state index < -0.39 is 10.0 Å². The summed E-state index contributed by atoms with van der Waals surface area (Å²) in [7, 11) is -2.28. The molecule has 4 nitrogen and oxygen atoms in total. The van der Waals surface area contributed by atoms with Crippen molar-refractivity contribution < 1.29 is 17.5 Å². The van der Waals surface area contributed by atoms with Crippen LogP contribution in [0, 0.1) is 5.82 Å². The molecule has 3 aromatic rings. The topological polar surface area (TPSA) is 46.6 Å². The van der Waals surface area contributed by atoms with Crippen molar-refractivity contribution in [1.29, 1.82) is 0 Å². The molecule has 6 heteroatoms. The molecule has 0 unspecified atom stereocenters. The Balaban J connectivity index is 2.07. The van der Waals surface area contributed by atoms with E-state index in [2.05, 4.69) is 0 Å². The summed E-state index contributed by atoms with van der Waals surface area (Å²) in [5.74, 6) is 0.183. The third-order valence-electron chi connectivity index (χ3n) is 3.91. The van der Waals surface area contributed by atoms with E-state index in [1.807, 2.05) is 0 Å². The lowest BCUT2D eigenvalue weighted by Crippen LogP contribution is -2.30. The molecule has 134 valence electrons. The van der Waals surface area contributed by atoms with Gasteiger partial charge in [-0.1, -0.05) is 36.4 Å². The van der Waals surface area contributed by atoms with Crippen LogP contribution in [0.25, 0.3) is 0 Å². The van der Waals surface area contributed by atoms with Crippen molar-refractivity contribution in [2.24, 2.45) is 0 Å². The highest BCUT2D eigenvalue weighted by molar-refractivity contribution is 7.92. The van der Waals surface area contributed by atoms with Crippen LogP contribution in [0.5, 0.6) is 5.75 Å². The fourth-order valence-corrected chi connectivity index (χ4v) is 4.02. The first kappa shape index (κ1) is 17.9. The van der Waals surface area contributed by atoms with Crippen molar-refractivity contribution >= 4 is 15.7 Å². The van der Waals surface area contributed by atoms with Crippen molar-refractivity contribution in [2.45, 2.75) is 11.4 Å². The van der Waals surface area contributed by atoms with Crippen LogP contribution < -0.4 is 9.04 Å². The lowest BCUT2D eigenvalue weighted by Gasteiger charge is -2.25. The summed E-state index contributed by atoms with van der Waals surface area (Å²) in [6.45, 7) is 0.0741. The predicted molar refractivity (Wildman–Crippen MR) is 99.2 cm³/mol. The van der Waals surface area contributed by atoms with Gasteiger partial charge in [0.25, 0.3) is 10.0 Å². The van der Waals surface area contributed by atoms with Crippen LogP contribution in [0.1, 0.15) is 5.56 Å². The maximum absolute atomic E-state index is 13.2. The molecule has 0 spiro atoms. The lowest BCUT2D eigenvalue weighted by molar-refractivity contribution is 0.415. The van der Waals surface area contributed by atoms with Gasteiger partial charge in [-0.3, -0.25) is 4.31 Å². The number of nitrogens with zero attached hydrogens (tertiary/aromatic N) is 1. The van der Waals surface area contributed by atoms with Crippen LogP contribution in [0.4, 0.5) is 10.1 Å². The SMILES string of the molecule is COc1cccc(N(Cc2ccc(F)cc2)S(=O)(=O)c2ccccc2)c1. The Kier molecular flexibility index (Phi) is 5.23. The van der Waals surface area contributed by atoms with Crippen LogP contribution in [-0.2, 0) is 16.6 Å². The first-order valence-electron chi connectivity index (χ1n) is 7.97. The molecule has 0 aromatic heterocycles. The second kappa shape index (κ2) is 7.58. The minimum atomic E-state index is -3.80. The Morgan fingerprint density at radius 2 is 1.62 bits per heavy atom. The molecular weight excluding hydrogens is 353 g/mol. The van der Waals surface area contributed by atoms with Crippen LogP contribution in [0.15, 0.2) is 83.8 Å². The van der Waals surface area contributed by atoms with E-state index in [0.717, 1.165) is 0 Å². The highest BCUT2D eigenvalue weighted by Crippen LogP contribution is 2.28. The summed E-state index contributed by atoms with van der Waals surface area (Å²) >= 11 is 0. The number of benzene rings is 3. The number of hydrogen-bond donors (Lipinski definition) is 0. The maximum atomic E-state index is 13.2. The average Bonchev–Trinajstić information content (AvgIpc) is 2.68. The highest BCUT2D eigenvalue weighted by atomic mass is 32.2. The molecule has 0 heterocycles. The van der Waals surface area contributed by atoms with E-state index in [-0.39, 0.29) is 17.3 Å². The molecule has 0 saturated heterocycles.